The van der Waals surface area contributed by atoms with Crippen molar-refractivity contribution < 1.29 is 4.74 Å². The van der Waals surface area contributed by atoms with E-state index in [2.05, 4.69) is 36.6 Å². The Kier molecular flexibility index (Phi) is 6.16. The van der Waals surface area contributed by atoms with E-state index in [4.69, 9.17) is 4.74 Å². The first-order valence-electron chi connectivity index (χ1n) is 6.61. The van der Waals surface area contributed by atoms with Gasteiger partial charge in [0.25, 0.3) is 0 Å². The Morgan fingerprint density at radius 3 is 2.44 bits per heavy atom. The molecule has 102 valence electrons. The minimum atomic E-state index is 0.419. The number of hydrogen-bond donors (Lipinski definition) is 2. The molecule has 0 spiro atoms. The van der Waals surface area contributed by atoms with E-state index in [1.54, 1.807) is 7.11 Å². The third-order valence-corrected chi connectivity index (χ3v) is 3.64. The number of ether oxygens (including phenoxy) is 1. The topological polar surface area (TPSA) is 33.3 Å². The normalized spacial score (nSPS) is 12.5. The number of hydrogen-bond acceptors (Lipinski definition) is 3. The van der Waals surface area contributed by atoms with E-state index in [9.17, 15) is 0 Å². The van der Waals surface area contributed by atoms with Crippen LogP contribution in [0.5, 0.6) is 5.75 Å². The average Bonchev–Trinajstić information content (AvgIpc) is 2.39. The van der Waals surface area contributed by atoms with Gasteiger partial charge >= 0.3 is 0 Å². The largest absolute Gasteiger partial charge is 0.496 e. The van der Waals surface area contributed by atoms with Gasteiger partial charge in [0.15, 0.2) is 0 Å². The van der Waals surface area contributed by atoms with Crippen LogP contribution in [0.1, 0.15) is 35.6 Å². The van der Waals surface area contributed by atoms with Gasteiger partial charge in [0.1, 0.15) is 5.75 Å². The minimum absolute atomic E-state index is 0.419. The molecule has 0 aliphatic heterocycles. The van der Waals surface area contributed by atoms with Crippen LogP contribution in [0.4, 0.5) is 0 Å². The average molecular weight is 250 g/mol. The van der Waals surface area contributed by atoms with Crippen molar-refractivity contribution in [3.05, 3.63) is 28.8 Å². The van der Waals surface area contributed by atoms with Gasteiger partial charge in [0, 0.05) is 6.04 Å². The Balaban J connectivity index is 2.89. The second-order valence-corrected chi connectivity index (χ2v) is 4.69. The summed E-state index contributed by atoms with van der Waals surface area (Å²) < 4.78 is 5.36. The van der Waals surface area contributed by atoms with Crippen molar-refractivity contribution in [1.29, 1.82) is 0 Å². The maximum atomic E-state index is 5.36. The van der Waals surface area contributed by atoms with E-state index >= 15 is 0 Å². The molecule has 2 N–H and O–H groups in total. The van der Waals surface area contributed by atoms with Gasteiger partial charge in [-0.3, -0.25) is 0 Å². The quantitative estimate of drug-likeness (QED) is 0.730. The van der Waals surface area contributed by atoms with Gasteiger partial charge in [-0.25, -0.2) is 0 Å². The van der Waals surface area contributed by atoms with Crippen LogP contribution in [-0.4, -0.2) is 27.7 Å². The lowest BCUT2D eigenvalue weighted by atomic mass is 9.94. The molecule has 0 fully saturated rings. The molecule has 0 saturated carbocycles. The second-order valence-electron chi connectivity index (χ2n) is 4.69. The summed E-state index contributed by atoms with van der Waals surface area (Å²) in [4.78, 5) is 0. The van der Waals surface area contributed by atoms with E-state index in [0.29, 0.717) is 6.04 Å². The van der Waals surface area contributed by atoms with Crippen LogP contribution < -0.4 is 15.4 Å². The fraction of sp³-hybridized carbons (Fsp3) is 0.600. The molecule has 3 nitrogen and oxygen atoms in total. The van der Waals surface area contributed by atoms with E-state index < -0.39 is 0 Å². The molecule has 1 atom stereocenters. The molecule has 0 heterocycles. The fourth-order valence-corrected chi connectivity index (χ4v) is 2.35. The Morgan fingerprint density at radius 1 is 1.17 bits per heavy atom. The maximum absolute atomic E-state index is 5.36. The van der Waals surface area contributed by atoms with E-state index in [1.807, 2.05) is 14.1 Å². The summed E-state index contributed by atoms with van der Waals surface area (Å²) in [7, 11) is 5.75. The van der Waals surface area contributed by atoms with Crippen molar-refractivity contribution in [1.82, 2.24) is 10.6 Å². The van der Waals surface area contributed by atoms with Gasteiger partial charge in [-0.05, 0) is 70.1 Å². The summed E-state index contributed by atoms with van der Waals surface area (Å²) in [6.07, 6.45) is 2.32. The molecule has 1 rings (SSSR count). The van der Waals surface area contributed by atoms with Crippen LogP contribution in [0.25, 0.3) is 0 Å². The third-order valence-electron chi connectivity index (χ3n) is 3.64. The van der Waals surface area contributed by atoms with E-state index in [1.165, 1.54) is 23.1 Å². The van der Waals surface area contributed by atoms with Crippen LogP contribution in [0, 0.1) is 13.8 Å². The van der Waals surface area contributed by atoms with Crippen LogP contribution in [0.15, 0.2) is 12.1 Å². The predicted molar refractivity (Wildman–Crippen MR) is 77.4 cm³/mol. The molecular weight excluding hydrogens is 224 g/mol. The summed E-state index contributed by atoms with van der Waals surface area (Å²) in [5, 5.41) is 6.61. The van der Waals surface area contributed by atoms with Gasteiger partial charge in [-0.1, -0.05) is 6.07 Å². The van der Waals surface area contributed by atoms with Crippen molar-refractivity contribution in [2.24, 2.45) is 0 Å². The van der Waals surface area contributed by atoms with Crippen molar-refractivity contribution in [3.8, 4) is 5.75 Å². The van der Waals surface area contributed by atoms with Crippen LogP contribution in [0.3, 0.4) is 0 Å². The molecule has 0 aliphatic carbocycles. The lowest BCUT2D eigenvalue weighted by molar-refractivity contribution is 0.410. The fourth-order valence-electron chi connectivity index (χ4n) is 2.35. The third kappa shape index (κ3) is 3.47. The van der Waals surface area contributed by atoms with Crippen molar-refractivity contribution >= 4 is 0 Å². The molecule has 0 bridgehead atoms. The van der Waals surface area contributed by atoms with E-state index in [-0.39, 0.29) is 0 Å². The highest BCUT2D eigenvalue weighted by atomic mass is 16.5. The number of nitrogens with one attached hydrogen (secondary N) is 2. The highest BCUT2D eigenvalue weighted by molar-refractivity contribution is 5.44. The smallest absolute Gasteiger partial charge is 0.122 e. The van der Waals surface area contributed by atoms with Crippen molar-refractivity contribution in [2.45, 2.75) is 32.7 Å². The maximum Gasteiger partial charge on any atom is 0.122 e. The van der Waals surface area contributed by atoms with E-state index in [0.717, 1.165) is 18.7 Å². The first-order valence-corrected chi connectivity index (χ1v) is 6.61. The molecule has 3 heteroatoms. The molecule has 0 radical (unpaired) electrons. The molecule has 1 aromatic rings. The highest BCUT2D eigenvalue weighted by Gasteiger charge is 2.14. The Labute approximate surface area is 111 Å². The second kappa shape index (κ2) is 7.39. The molecule has 0 amide bonds. The first-order chi connectivity index (χ1) is 8.65. The van der Waals surface area contributed by atoms with Crippen LogP contribution in [-0.2, 0) is 0 Å². The van der Waals surface area contributed by atoms with Crippen LogP contribution in [0.2, 0.25) is 0 Å². The SMILES string of the molecule is CNCCCC(NC)c1ccc(OC)c(C)c1C. The summed E-state index contributed by atoms with van der Waals surface area (Å²) >= 11 is 0. The summed E-state index contributed by atoms with van der Waals surface area (Å²) in [6.45, 7) is 5.36. The molecule has 0 aliphatic rings. The monoisotopic (exact) mass is 250 g/mol. The minimum Gasteiger partial charge on any atom is -0.496 e. The highest BCUT2D eigenvalue weighted by Crippen LogP contribution is 2.29. The molecule has 1 unspecified atom stereocenters. The summed E-state index contributed by atoms with van der Waals surface area (Å²) in [6, 6.07) is 4.67. The van der Waals surface area contributed by atoms with Gasteiger partial charge in [0.05, 0.1) is 7.11 Å². The zero-order valence-corrected chi connectivity index (χ0v) is 12.3. The van der Waals surface area contributed by atoms with Gasteiger partial charge in [0.2, 0.25) is 0 Å². The van der Waals surface area contributed by atoms with Crippen LogP contribution >= 0.6 is 0 Å². The zero-order chi connectivity index (χ0) is 13.5. The van der Waals surface area contributed by atoms with Crippen molar-refractivity contribution in [3.63, 3.8) is 0 Å². The molecule has 18 heavy (non-hydrogen) atoms. The predicted octanol–water partition coefficient (Wildman–Crippen LogP) is 2.57. The Hall–Kier alpha value is -1.06. The summed E-state index contributed by atoms with van der Waals surface area (Å²) in [5.41, 5.74) is 3.95. The number of methoxy groups -OCH3 is 1. The zero-order valence-electron chi connectivity index (χ0n) is 12.3. The lowest BCUT2D eigenvalue weighted by Gasteiger charge is -2.21. The van der Waals surface area contributed by atoms with Crippen molar-refractivity contribution in [2.75, 3.05) is 27.7 Å². The standard InChI is InChI=1S/C15H26N2O/c1-11-12(2)15(18-5)9-8-13(11)14(17-4)7-6-10-16-3/h8-9,14,16-17H,6-7,10H2,1-5H3. The van der Waals surface area contributed by atoms with Gasteiger partial charge < -0.3 is 15.4 Å². The molecule has 0 saturated heterocycles. The number of benzene rings is 1. The number of rotatable bonds is 7. The molecule has 1 aromatic carbocycles. The molecule has 0 aromatic heterocycles. The molecular formula is C15H26N2O. The van der Waals surface area contributed by atoms with Gasteiger partial charge in [-0.2, -0.15) is 0 Å². The lowest BCUT2D eigenvalue weighted by Crippen LogP contribution is -2.19. The Bertz CT molecular complexity index is 377. The summed E-state index contributed by atoms with van der Waals surface area (Å²) in [5.74, 6) is 0.973. The van der Waals surface area contributed by atoms with Gasteiger partial charge in [-0.15, -0.1) is 0 Å². The Morgan fingerprint density at radius 2 is 1.89 bits per heavy atom. The first kappa shape index (κ1) is 15.0.